The molecule has 3 aromatic rings. The van der Waals surface area contributed by atoms with E-state index in [9.17, 15) is 9.18 Å². The standard InChI is InChI=1S/C22H16Cl2FNO3S/c23-18-4-2-5-19(24)22(18)30-14-17-3-1-6-20(26-17)29-21(27)11-12-28-13-15-7-9-16(25)10-8-15/h1-12H,13-14H2. The lowest BCUT2D eigenvalue weighted by molar-refractivity contribution is -0.129. The molecule has 0 aliphatic heterocycles. The van der Waals surface area contributed by atoms with Crippen LogP contribution in [0, 0.1) is 5.82 Å². The number of halogens is 3. The number of hydrogen-bond donors (Lipinski definition) is 0. The maximum Gasteiger partial charge on any atom is 0.340 e. The predicted octanol–water partition coefficient (Wildman–Crippen LogP) is 6.46. The smallest absolute Gasteiger partial charge is 0.340 e. The fraction of sp³-hybridized carbons (Fsp3) is 0.0909. The van der Waals surface area contributed by atoms with Crippen molar-refractivity contribution in [1.82, 2.24) is 4.98 Å². The number of benzene rings is 2. The highest BCUT2D eigenvalue weighted by molar-refractivity contribution is 7.98. The van der Waals surface area contributed by atoms with Crippen LogP contribution in [-0.4, -0.2) is 11.0 Å². The molecule has 4 nitrogen and oxygen atoms in total. The first-order valence-electron chi connectivity index (χ1n) is 8.78. The molecule has 0 amide bonds. The third-order valence-corrected chi connectivity index (χ3v) is 5.76. The van der Waals surface area contributed by atoms with Crippen LogP contribution in [0.3, 0.4) is 0 Å². The molecule has 0 bridgehead atoms. The topological polar surface area (TPSA) is 48.4 Å². The molecular weight excluding hydrogens is 448 g/mol. The summed E-state index contributed by atoms with van der Waals surface area (Å²) >= 11 is 13.8. The van der Waals surface area contributed by atoms with Gasteiger partial charge in [-0.1, -0.05) is 47.5 Å². The lowest BCUT2D eigenvalue weighted by Crippen LogP contribution is -2.06. The second-order valence-corrected chi connectivity index (χ2v) is 7.77. The first kappa shape index (κ1) is 22.2. The molecule has 8 heteroatoms. The zero-order valence-corrected chi connectivity index (χ0v) is 17.9. The second kappa shape index (κ2) is 11.0. The van der Waals surface area contributed by atoms with Crippen LogP contribution in [0.1, 0.15) is 11.3 Å². The van der Waals surface area contributed by atoms with Crippen LogP contribution < -0.4 is 4.74 Å². The summed E-state index contributed by atoms with van der Waals surface area (Å²) in [6.07, 6.45) is 2.38. The molecular formula is C22H16Cl2FNO3S. The Balaban J connectivity index is 1.50. The molecule has 3 rings (SSSR count). The van der Waals surface area contributed by atoms with Gasteiger partial charge in [0, 0.05) is 16.7 Å². The highest BCUT2D eigenvalue weighted by Gasteiger charge is 2.08. The molecule has 0 aliphatic rings. The number of rotatable bonds is 8. The number of ether oxygens (including phenoxy) is 2. The van der Waals surface area contributed by atoms with E-state index in [4.69, 9.17) is 32.7 Å². The number of hydrogen-bond acceptors (Lipinski definition) is 5. The van der Waals surface area contributed by atoms with Gasteiger partial charge in [-0.25, -0.2) is 14.2 Å². The Morgan fingerprint density at radius 2 is 1.73 bits per heavy atom. The summed E-state index contributed by atoms with van der Waals surface area (Å²) < 4.78 is 23.3. The van der Waals surface area contributed by atoms with Crippen molar-refractivity contribution in [3.8, 4) is 5.88 Å². The molecule has 154 valence electrons. The monoisotopic (exact) mass is 463 g/mol. The molecule has 1 aromatic heterocycles. The minimum atomic E-state index is -0.624. The van der Waals surface area contributed by atoms with Crippen LogP contribution in [0.5, 0.6) is 5.88 Å². The Kier molecular flexibility index (Phi) is 8.13. The van der Waals surface area contributed by atoms with Gasteiger partial charge < -0.3 is 9.47 Å². The Morgan fingerprint density at radius 1 is 1.03 bits per heavy atom. The van der Waals surface area contributed by atoms with Crippen LogP contribution >= 0.6 is 35.0 Å². The molecule has 0 aliphatic carbocycles. The molecule has 0 unspecified atom stereocenters. The van der Waals surface area contributed by atoms with Gasteiger partial charge in [-0.15, -0.1) is 11.8 Å². The van der Waals surface area contributed by atoms with Gasteiger partial charge in [-0.05, 0) is 35.9 Å². The fourth-order valence-corrected chi connectivity index (χ4v) is 3.92. The van der Waals surface area contributed by atoms with Crippen LogP contribution in [0.2, 0.25) is 10.0 Å². The van der Waals surface area contributed by atoms with Crippen LogP contribution in [-0.2, 0) is 21.9 Å². The summed E-state index contributed by atoms with van der Waals surface area (Å²) in [7, 11) is 0. The highest BCUT2D eigenvalue weighted by Crippen LogP contribution is 2.35. The van der Waals surface area contributed by atoms with Gasteiger partial charge in [-0.2, -0.15) is 0 Å². The van der Waals surface area contributed by atoms with Crippen molar-refractivity contribution in [2.24, 2.45) is 0 Å². The number of carbonyl (C=O) groups is 1. The zero-order chi connectivity index (χ0) is 21.3. The van der Waals surface area contributed by atoms with E-state index in [0.29, 0.717) is 21.5 Å². The molecule has 0 saturated carbocycles. The van der Waals surface area contributed by atoms with Crippen LogP contribution in [0.4, 0.5) is 4.39 Å². The van der Waals surface area contributed by atoms with Gasteiger partial charge in [-0.3, -0.25) is 0 Å². The predicted molar refractivity (Wildman–Crippen MR) is 116 cm³/mol. The van der Waals surface area contributed by atoms with E-state index in [2.05, 4.69) is 4.98 Å². The van der Waals surface area contributed by atoms with Gasteiger partial charge in [0.2, 0.25) is 5.88 Å². The van der Waals surface area contributed by atoms with Crippen LogP contribution in [0.15, 0.2) is 77.9 Å². The first-order valence-corrected chi connectivity index (χ1v) is 10.5. The first-order chi connectivity index (χ1) is 14.5. The highest BCUT2D eigenvalue weighted by atomic mass is 35.5. The number of carbonyl (C=O) groups excluding carboxylic acids is 1. The third kappa shape index (κ3) is 6.76. The van der Waals surface area contributed by atoms with E-state index < -0.39 is 5.97 Å². The minimum Gasteiger partial charge on any atom is -0.496 e. The fourth-order valence-electron chi connectivity index (χ4n) is 2.33. The summed E-state index contributed by atoms with van der Waals surface area (Å²) in [6, 6.07) is 16.4. The molecule has 30 heavy (non-hydrogen) atoms. The second-order valence-electron chi connectivity index (χ2n) is 5.97. The summed E-state index contributed by atoms with van der Waals surface area (Å²) in [5, 5.41) is 1.14. The average Bonchev–Trinajstić information content (AvgIpc) is 2.72. The maximum absolute atomic E-state index is 12.9. The van der Waals surface area contributed by atoms with Gasteiger partial charge in [0.1, 0.15) is 12.4 Å². The van der Waals surface area contributed by atoms with Crippen molar-refractivity contribution < 1.29 is 18.7 Å². The molecule has 0 fully saturated rings. The minimum absolute atomic E-state index is 0.173. The Morgan fingerprint density at radius 3 is 2.47 bits per heavy atom. The number of nitrogens with zero attached hydrogens (tertiary/aromatic N) is 1. The van der Waals surface area contributed by atoms with Crippen molar-refractivity contribution in [1.29, 1.82) is 0 Å². The molecule has 0 saturated heterocycles. The van der Waals surface area contributed by atoms with Crippen molar-refractivity contribution in [2.45, 2.75) is 17.3 Å². The van der Waals surface area contributed by atoms with E-state index in [-0.39, 0.29) is 18.3 Å². The van der Waals surface area contributed by atoms with Crippen LogP contribution in [0.25, 0.3) is 0 Å². The van der Waals surface area contributed by atoms with Gasteiger partial charge in [0.05, 0.1) is 28.1 Å². The van der Waals surface area contributed by atoms with Crippen molar-refractivity contribution in [3.63, 3.8) is 0 Å². The third-order valence-electron chi connectivity index (χ3n) is 3.73. The molecule has 1 heterocycles. The number of thioether (sulfide) groups is 1. The van der Waals surface area contributed by atoms with E-state index >= 15 is 0 Å². The maximum atomic E-state index is 12.9. The van der Waals surface area contributed by atoms with Gasteiger partial charge in [0.15, 0.2) is 0 Å². The van der Waals surface area contributed by atoms with E-state index in [1.54, 1.807) is 42.5 Å². The molecule has 2 aromatic carbocycles. The number of esters is 1. The molecule has 0 N–H and O–H groups in total. The van der Waals surface area contributed by atoms with Crippen molar-refractivity contribution >= 4 is 40.9 Å². The Hall–Kier alpha value is -2.54. The van der Waals surface area contributed by atoms with Gasteiger partial charge in [0.25, 0.3) is 0 Å². The lowest BCUT2D eigenvalue weighted by Gasteiger charge is -2.07. The Bertz CT molecular complexity index is 1020. The van der Waals surface area contributed by atoms with Crippen molar-refractivity contribution in [3.05, 3.63) is 100 Å². The normalized spacial score (nSPS) is 10.9. The number of pyridine rings is 1. The molecule has 0 atom stereocenters. The zero-order valence-electron chi connectivity index (χ0n) is 15.6. The lowest BCUT2D eigenvalue weighted by atomic mass is 10.2. The quantitative estimate of drug-likeness (QED) is 0.166. The van der Waals surface area contributed by atoms with E-state index in [1.165, 1.54) is 30.2 Å². The Labute approximate surface area is 187 Å². The SMILES string of the molecule is O=C(C=COCc1ccc(F)cc1)Oc1cccc(CSc2c(Cl)cccc2Cl)n1. The summed E-state index contributed by atoms with van der Waals surface area (Å²) in [6.45, 7) is 0.208. The van der Waals surface area contributed by atoms with E-state index in [0.717, 1.165) is 16.5 Å². The summed E-state index contributed by atoms with van der Waals surface area (Å²) in [4.78, 5) is 17.0. The molecule has 0 radical (unpaired) electrons. The largest absolute Gasteiger partial charge is 0.496 e. The van der Waals surface area contributed by atoms with Gasteiger partial charge >= 0.3 is 5.97 Å². The average molecular weight is 464 g/mol. The van der Waals surface area contributed by atoms with E-state index in [1.807, 2.05) is 6.07 Å². The van der Waals surface area contributed by atoms with Crippen molar-refractivity contribution in [2.75, 3.05) is 0 Å². The number of aromatic nitrogens is 1. The molecule has 0 spiro atoms. The summed E-state index contributed by atoms with van der Waals surface area (Å²) in [5.74, 6) is -0.265. The summed E-state index contributed by atoms with van der Waals surface area (Å²) in [5.41, 5.74) is 1.48.